The highest BCUT2D eigenvalue weighted by Gasteiger charge is 2.29. The Bertz CT molecular complexity index is 689. The Balaban J connectivity index is 0.00000146. The molecule has 1 N–H and O–H groups in total. The Morgan fingerprint density at radius 1 is 0.846 bits per heavy atom. The lowest BCUT2D eigenvalue weighted by Crippen LogP contribution is -2.37. The lowest BCUT2D eigenvalue weighted by atomic mass is 10.0. The lowest BCUT2D eigenvalue weighted by molar-refractivity contribution is -0.152. The molecule has 0 unspecified atom stereocenters. The first-order chi connectivity index (χ1) is 12.3. The largest absolute Gasteiger partial charge is 0.478 e. The summed E-state index contributed by atoms with van der Waals surface area (Å²) >= 11 is 5.79. The van der Waals surface area contributed by atoms with Crippen molar-refractivity contribution < 1.29 is 19.4 Å². The monoisotopic (exact) mass is 378 g/mol. The average Bonchev–Trinajstić information content (AvgIpc) is 2.65. The van der Waals surface area contributed by atoms with Gasteiger partial charge in [0.15, 0.2) is 11.4 Å². The molecule has 2 aromatic rings. The molecule has 26 heavy (non-hydrogen) atoms. The van der Waals surface area contributed by atoms with Gasteiger partial charge in [0.25, 0.3) is 0 Å². The van der Waals surface area contributed by atoms with Gasteiger partial charge in [-0.15, -0.1) is 0 Å². The second-order valence-corrected chi connectivity index (χ2v) is 5.71. The minimum atomic E-state index is -1.33. The molecule has 0 heterocycles. The number of aliphatic carboxylic acids is 1. The van der Waals surface area contributed by atoms with Gasteiger partial charge in [0, 0.05) is 16.1 Å². The molecule has 0 fully saturated rings. The van der Waals surface area contributed by atoms with E-state index in [0.717, 1.165) is 0 Å². The summed E-state index contributed by atoms with van der Waals surface area (Å²) < 4.78 is 5.39. The Labute approximate surface area is 160 Å². The molecule has 142 valence electrons. The van der Waals surface area contributed by atoms with Crippen molar-refractivity contribution in [1.82, 2.24) is 0 Å². The second-order valence-electron chi connectivity index (χ2n) is 5.28. The Morgan fingerprint density at radius 3 is 1.62 bits per heavy atom. The fourth-order valence-corrected chi connectivity index (χ4v) is 1.91. The molecular weight excluding hydrogens is 352 g/mol. The summed E-state index contributed by atoms with van der Waals surface area (Å²) in [5, 5.41) is 9.59. The number of ketones is 1. The third-order valence-electron chi connectivity index (χ3n) is 3.11. The number of carboxylic acid groups (broad SMARTS) is 1. The first-order valence-electron chi connectivity index (χ1n) is 8.62. The van der Waals surface area contributed by atoms with Gasteiger partial charge in [-0.25, -0.2) is 4.79 Å². The summed E-state index contributed by atoms with van der Waals surface area (Å²) in [7, 11) is 0. The number of hydrogen-bond acceptors (Lipinski definition) is 3. The van der Waals surface area contributed by atoms with Gasteiger partial charge in [-0.3, -0.25) is 4.79 Å². The van der Waals surface area contributed by atoms with Crippen LogP contribution in [0.5, 0.6) is 5.75 Å². The van der Waals surface area contributed by atoms with Crippen LogP contribution >= 0.6 is 11.6 Å². The molecule has 0 bridgehead atoms. The molecule has 5 heteroatoms. The molecule has 0 aliphatic rings. The van der Waals surface area contributed by atoms with Crippen LogP contribution in [0, 0.1) is 0 Å². The zero-order valence-corrected chi connectivity index (χ0v) is 16.9. The van der Waals surface area contributed by atoms with Crippen molar-refractivity contribution in [3.8, 4) is 5.75 Å². The van der Waals surface area contributed by atoms with Gasteiger partial charge in [0.05, 0.1) is 0 Å². The number of ether oxygens (including phenoxy) is 1. The number of rotatable bonds is 5. The molecule has 4 nitrogen and oxygen atoms in total. The van der Waals surface area contributed by atoms with Crippen molar-refractivity contribution in [3.63, 3.8) is 0 Å². The predicted molar refractivity (Wildman–Crippen MR) is 106 cm³/mol. The van der Waals surface area contributed by atoms with Crippen molar-refractivity contribution >= 4 is 23.4 Å². The molecule has 0 spiro atoms. The van der Waals surface area contributed by atoms with Crippen molar-refractivity contribution in [3.05, 3.63) is 64.7 Å². The van der Waals surface area contributed by atoms with Crippen LogP contribution in [-0.2, 0) is 4.79 Å². The number of benzene rings is 2. The van der Waals surface area contributed by atoms with E-state index in [1.807, 2.05) is 27.7 Å². The first kappa shape index (κ1) is 23.7. The molecule has 0 radical (unpaired) electrons. The fourth-order valence-electron chi connectivity index (χ4n) is 1.78. The van der Waals surface area contributed by atoms with E-state index in [-0.39, 0.29) is 5.78 Å². The van der Waals surface area contributed by atoms with Crippen LogP contribution in [0.3, 0.4) is 0 Å². The summed E-state index contributed by atoms with van der Waals surface area (Å²) in [5.74, 6) is -0.811. The van der Waals surface area contributed by atoms with E-state index in [9.17, 15) is 9.59 Å². The van der Waals surface area contributed by atoms with Crippen LogP contribution in [0.1, 0.15) is 57.5 Å². The topological polar surface area (TPSA) is 63.6 Å². The summed E-state index contributed by atoms with van der Waals surface area (Å²) in [6.07, 6.45) is 0. The van der Waals surface area contributed by atoms with Gasteiger partial charge in [0.2, 0.25) is 0 Å². The van der Waals surface area contributed by atoms with Gasteiger partial charge in [-0.05, 0) is 62.4 Å². The highest BCUT2D eigenvalue weighted by molar-refractivity contribution is 6.30. The molecule has 2 rings (SSSR count). The van der Waals surface area contributed by atoms with E-state index < -0.39 is 11.6 Å². The minimum Gasteiger partial charge on any atom is -0.478 e. The highest BCUT2D eigenvalue weighted by Crippen LogP contribution is 2.21. The van der Waals surface area contributed by atoms with Gasteiger partial charge in [-0.2, -0.15) is 0 Å². The normalized spacial score (nSPS) is 9.81. The molecule has 0 saturated carbocycles. The molecule has 0 atom stereocenters. The van der Waals surface area contributed by atoms with E-state index in [1.165, 1.54) is 13.8 Å². The van der Waals surface area contributed by atoms with Gasteiger partial charge >= 0.3 is 5.97 Å². The number of carbonyl (C=O) groups excluding carboxylic acids is 1. The molecule has 0 saturated heterocycles. The van der Waals surface area contributed by atoms with Gasteiger partial charge in [0.1, 0.15) is 5.75 Å². The average molecular weight is 379 g/mol. The van der Waals surface area contributed by atoms with Crippen LogP contribution in [0.25, 0.3) is 0 Å². The van der Waals surface area contributed by atoms with E-state index in [4.69, 9.17) is 21.4 Å². The van der Waals surface area contributed by atoms with Crippen molar-refractivity contribution in [1.29, 1.82) is 0 Å². The molecular formula is C21H27ClO4. The summed E-state index contributed by atoms with van der Waals surface area (Å²) in [6.45, 7) is 10.9. The quantitative estimate of drug-likeness (QED) is 0.661. The van der Waals surface area contributed by atoms with E-state index in [2.05, 4.69) is 0 Å². The molecule has 0 aliphatic carbocycles. The van der Waals surface area contributed by atoms with Crippen LogP contribution in [0.2, 0.25) is 5.02 Å². The Hall–Kier alpha value is -2.33. The predicted octanol–water partition coefficient (Wildman–Crippen LogP) is 5.87. The van der Waals surface area contributed by atoms with Crippen LogP contribution in [0.15, 0.2) is 48.5 Å². The lowest BCUT2D eigenvalue weighted by Gasteiger charge is -2.21. The number of carbonyl (C=O) groups is 2. The highest BCUT2D eigenvalue weighted by atomic mass is 35.5. The molecule has 0 amide bonds. The first-order valence-corrected chi connectivity index (χ1v) is 9.00. The van der Waals surface area contributed by atoms with E-state index in [0.29, 0.717) is 21.9 Å². The summed E-state index contributed by atoms with van der Waals surface area (Å²) in [5.41, 5.74) is -0.312. The maximum absolute atomic E-state index is 12.3. The van der Waals surface area contributed by atoms with E-state index in [1.54, 1.807) is 48.5 Å². The SMILES string of the molecule is CC.CC.CC(C)(Oc1ccc(C(=O)c2ccc(Cl)cc2)cc1)C(=O)O. The smallest absolute Gasteiger partial charge is 0.347 e. The van der Waals surface area contributed by atoms with Crippen LogP contribution in [-0.4, -0.2) is 22.5 Å². The maximum atomic E-state index is 12.3. The molecule has 0 aromatic heterocycles. The number of halogens is 1. The Morgan fingerprint density at radius 2 is 1.23 bits per heavy atom. The van der Waals surface area contributed by atoms with Crippen molar-refractivity contribution in [2.45, 2.75) is 47.1 Å². The van der Waals surface area contributed by atoms with Crippen LogP contribution < -0.4 is 4.74 Å². The Kier molecular flexibility index (Phi) is 10.3. The van der Waals surface area contributed by atoms with Gasteiger partial charge < -0.3 is 9.84 Å². The number of carboxylic acids is 1. The van der Waals surface area contributed by atoms with Crippen LogP contribution in [0.4, 0.5) is 0 Å². The van der Waals surface area contributed by atoms with Crippen molar-refractivity contribution in [2.75, 3.05) is 0 Å². The number of hydrogen-bond donors (Lipinski definition) is 1. The fraction of sp³-hybridized carbons (Fsp3) is 0.333. The minimum absolute atomic E-state index is 0.138. The van der Waals surface area contributed by atoms with Crippen molar-refractivity contribution in [2.24, 2.45) is 0 Å². The van der Waals surface area contributed by atoms with E-state index >= 15 is 0 Å². The third kappa shape index (κ3) is 6.89. The molecule has 0 aliphatic heterocycles. The zero-order chi connectivity index (χ0) is 20.3. The van der Waals surface area contributed by atoms with Gasteiger partial charge in [-0.1, -0.05) is 39.3 Å². The zero-order valence-electron chi connectivity index (χ0n) is 16.2. The summed E-state index contributed by atoms with van der Waals surface area (Å²) in [6, 6.07) is 13.0. The molecule has 2 aromatic carbocycles. The standard InChI is InChI=1S/C17H15ClO4.2C2H6/c1-17(2,16(20)21)22-14-9-5-12(6-10-14)15(19)11-3-7-13(18)8-4-11;2*1-2/h3-10H,1-2H3,(H,20,21);2*1-2H3. The third-order valence-corrected chi connectivity index (χ3v) is 3.36. The summed E-state index contributed by atoms with van der Waals surface area (Å²) in [4.78, 5) is 23.3. The second kappa shape index (κ2) is 11.3. The maximum Gasteiger partial charge on any atom is 0.347 e.